The van der Waals surface area contributed by atoms with Gasteiger partial charge in [0.2, 0.25) is 0 Å². The Balaban J connectivity index is 3.00. The van der Waals surface area contributed by atoms with Crippen molar-refractivity contribution in [2.24, 2.45) is 0 Å². The van der Waals surface area contributed by atoms with Gasteiger partial charge in [-0.2, -0.15) is 5.26 Å². The first-order valence-corrected chi connectivity index (χ1v) is 5.71. The van der Waals surface area contributed by atoms with Crippen LogP contribution < -0.4 is 11.2 Å². The third kappa shape index (κ3) is 1.54. The molecular formula is C11H13N5O2. The summed E-state index contributed by atoms with van der Waals surface area (Å²) in [6.07, 6.45) is 1.54. The maximum atomic E-state index is 12.2. The fourth-order valence-corrected chi connectivity index (χ4v) is 1.97. The van der Waals surface area contributed by atoms with E-state index in [9.17, 15) is 9.59 Å². The van der Waals surface area contributed by atoms with Gasteiger partial charge in [-0.3, -0.25) is 9.36 Å². The molecule has 0 bridgehead atoms. The van der Waals surface area contributed by atoms with Crippen molar-refractivity contribution in [3.63, 3.8) is 0 Å². The topological polar surface area (TPSA) is 85.6 Å². The lowest BCUT2D eigenvalue weighted by molar-refractivity contribution is 0.627. The molecular weight excluding hydrogens is 234 g/mol. The van der Waals surface area contributed by atoms with Gasteiger partial charge in [0, 0.05) is 13.1 Å². The van der Waals surface area contributed by atoms with Gasteiger partial charge in [-0.1, -0.05) is 0 Å². The summed E-state index contributed by atoms with van der Waals surface area (Å²) in [5.74, 6) is 0. The maximum Gasteiger partial charge on any atom is 0.333 e. The average molecular weight is 247 g/mol. The molecule has 2 aromatic heterocycles. The third-order valence-electron chi connectivity index (χ3n) is 2.87. The second-order valence-electron chi connectivity index (χ2n) is 3.78. The number of rotatable bonds is 3. The molecule has 0 aromatic carbocycles. The third-order valence-corrected chi connectivity index (χ3v) is 2.87. The van der Waals surface area contributed by atoms with Gasteiger partial charge >= 0.3 is 5.69 Å². The van der Waals surface area contributed by atoms with Crippen LogP contribution in [0.15, 0.2) is 15.9 Å². The first-order valence-electron chi connectivity index (χ1n) is 5.71. The minimum Gasteiger partial charge on any atom is -0.325 e. The smallest absolute Gasteiger partial charge is 0.325 e. The number of nitriles is 1. The van der Waals surface area contributed by atoms with Crippen LogP contribution >= 0.6 is 0 Å². The van der Waals surface area contributed by atoms with E-state index >= 15 is 0 Å². The molecule has 0 aliphatic heterocycles. The molecule has 0 amide bonds. The number of aryl methyl sites for hydroxylation is 2. The van der Waals surface area contributed by atoms with Crippen molar-refractivity contribution in [2.45, 2.75) is 33.5 Å². The molecule has 0 N–H and O–H groups in total. The molecule has 0 atom stereocenters. The number of aromatic nitrogens is 4. The monoisotopic (exact) mass is 247 g/mol. The summed E-state index contributed by atoms with van der Waals surface area (Å²) in [5.41, 5.74) is -0.198. The molecule has 18 heavy (non-hydrogen) atoms. The summed E-state index contributed by atoms with van der Waals surface area (Å²) >= 11 is 0. The van der Waals surface area contributed by atoms with Crippen molar-refractivity contribution in [3.8, 4) is 6.07 Å². The van der Waals surface area contributed by atoms with Gasteiger partial charge in [-0.25, -0.2) is 14.3 Å². The van der Waals surface area contributed by atoms with E-state index in [1.54, 1.807) is 11.5 Å². The van der Waals surface area contributed by atoms with Crippen molar-refractivity contribution in [3.05, 3.63) is 27.2 Å². The Morgan fingerprint density at radius 1 is 1.28 bits per heavy atom. The molecule has 0 saturated carbocycles. The summed E-state index contributed by atoms with van der Waals surface area (Å²) in [6, 6.07) is 1.83. The zero-order chi connectivity index (χ0) is 13.3. The molecule has 2 aromatic rings. The normalized spacial score (nSPS) is 10.7. The predicted molar refractivity (Wildman–Crippen MR) is 65.2 cm³/mol. The predicted octanol–water partition coefficient (Wildman–Crippen LogP) is -0.0769. The summed E-state index contributed by atoms with van der Waals surface area (Å²) < 4.78 is 4.02. The Hall–Kier alpha value is -2.36. The van der Waals surface area contributed by atoms with Gasteiger partial charge < -0.3 is 4.57 Å². The molecule has 0 fully saturated rings. The standard InChI is InChI=1S/C11H13N5O2/c1-3-14-7-13-9-8(14)10(17)16(6-5-12)11(18)15(9)4-2/h7H,3-4,6H2,1-2H3. The summed E-state index contributed by atoms with van der Waals surface area (Å²) in [4.78, 5) is 28.3. The van der Waals surface area contributed by atoms with E-state index in [4.69, 9.17) is 5.26 Å². The number of nitrogens with zero attached hydrogens (tertiary/aromatic N) is 5. The van der Waals surface area contributed by atoms with Crippen LogP contribution in [0.3, 0.4) is 0 Å². The molecule has 0 saturated heterocycles. The van der Waals surface area contributed by atoms with Gasteiger partial charge in [0.1, 0.15) is 6.54 Å². The second-order valence-corrected chi connectivity index (χ2v) is 3.78. The lowest BCUT2D eigenvalue weighted by Gasteiger charge is -2.08. The maximum absolute atomic E-state index is 12.2. The second kappa shape index (κ2) is 4.49. The van der Waals surface area contributed by atoms with E-state index in [1.165, 1.54) is 10.9 Å². The summed E-state index contributed by atoms with van der Waals surface area (Å²) in [6.45, 7) is 4.42. The van der Waals surface area contributed by atoms with Gasteiger partial charge in [-0.05, 0) is 13.8 Å². The van der Waals surface area contributed by atoms with E-state index in [0.29, 0.717) is 24.3 Å². The Labute approximate surface area is 103 Å². The SMILES string of the molecule is CCn1cnc2c1c(=O)n(CC#N)c(=O)n2CC. The molecule has 0 aliphatic carbocycles. The Morgan fingerprint density at radius 3 is 2.56 bits per heavy atom. The van der Waals surface area contributed by atoms with Crippen LogP contribution in [0.25, 0.3) is 11.2 Å². The highest BCUT2D eigenvalue weighted by Gasteiger charge is 2.16. The lowest BCUT2D eigenvalue weighted by Crippen LogP contribution is -2.40. The molecule has 2 rings (SSSR count). The molecule has 2 heterocycles. The Morgan fingerprint density at radius 2 is 2.00 bits per heavy atom. The van der Waals surface area contributed by atoms with Gasteiger partial charge in [-0.15, -0.1) is 0 Å². The number of imidazole rings is 1. The van der Waals surface area contributed by atoms with Crippen LogP contribution in [0.2, 0.25) is 0 Å². The molecule has 0 radical (unpaired) electrons. The molecule has 94 valence electrons. The average Bonchev–Trinajstić information content (AvgIpc) is 2.79. The number of fused-ring (bicyclic) bond motifs is 1. The first kappa shape index (κ1) is 12.1. The molecule has 0 unspecified atom stereocenters. The first-order chi connectivity index (χ1) is 8.65. The summed E-state index contributed by atoms with van der Waals surface area (Å²) in [5, 5.41) is 8.70. The minimum atomic E-state index is -0.488. The molecule has 7 nitrogen and oxygen atoms in total. The van der Waals surface area contributed by atoms with Crippen molar-refractivity contribution in [2.75, 3.05) is 0 Å². The van der Waals surface area contributed by atoms with Crippen LogP contribution in [-0.2, 0) is 19.6 Å². The Bertz CT molecular complexity index is 744. The highest BCUT2D eigenvalue weighted by Crippen LogP contribution is 2.06. The van der Waals surface area contributed by atoms with E-state index < -0.39 is 11.2 Å². The van der Waals surface area contributed by atoms with E-state index in [-0.39, 0.29) is 6.54 Å². The lowest BCUT2D eigenvalue weighted by atomic mass is 10.4. The number of hydrogen-bond donors (Lipinski definition) is 0. The number of hydrogen-bond acceptors (Lipinski definition) is 4. The zero-order valence-electron chi connectivity index (χ0n) is 10.3. The van der Waals surface area contributed by atoms with Crippen molar-refractivity contribution in [1.82, 2.24) is 18.7 Å². The van der Waals surface area contributed by atoms with Crippen molar-refractivity contribution >= 4 is 11.2 Å². The Kier molecular flexibility index (Phi) is 3.02. The van der Waals surface area contributed by atoms with Gasteiger partial charge in [0.25, 0.3) is 5.56 Å². The molecule has 7 heteroatoms. The van der Waals surface area contributed by atoms with Crippen LogP contribution in [0.1, 0.15) is 13.8 Å². The minimum absolute atomic E-state index is 0.248. The van der Waals surface area contributed by atoms with Crippen LogP contribution in [-0.4, -0.2) is 18.7 Å². The molecule has 0 aliphatic rings. The van der Waals surface area contributed by atoms with Crippen LogP contribution in [0, 0.1) is 11.3 Å². The van der Waals surface area contributed by atoms with Crippen LogP contribution in [0.5, 0.6) is 0 Å². The highest BCUT2D eigenvalue weighted by molar-refractivity contribution is 5.70. The van der Waals surface area contributed by atoms with Crippen molar-refractivity contribution in [1.29, 1.82) is 5.26 Å². The van der Waals surface area contributed by atoms with Gasteiger partial charge in [0.15, 0.2) is 11.2 Å². The zero-order valence-corrected chi connectivity index (χ0v) is 10.3. The fourth-order valence-electron chi connectivity index (χ4n) is 1.97. The van der Waals surface area contributed by atoms with Crippen LogP contribution in [0.4, 0.5) is 0 Å². The summed E-state index contributed by atoms with van der Waals surface area (Å²) in [7, 11) is 0. The van der Waals surface area contributed by atoms with E-state index in [1.807, 2.05) is 13.0 Å². The molecule has 0 spiro atoms. The van der Waals surface area contributed by atoms with E-state index in [2.05, 4.69) is 4.98 Å². The fraction of sp³-hybridized carbons (Fsp3) is 0.455. The van der Waals surface area contributed by atoms with E-state index in [0.717, 1.165) is 4.57 Å². The van der Waals surface area contributed by atoms with Crippen molar-refractivity contribution < 1.29 is 0 Å². The quantitative estimate of drug-likeness (QED) is 0.759. The highest BCUT2D eigenvalue weighted by atomic mass is 16.2. The largest absolute Gasteiger partial charge is 0.333 e. The van der Waals surface area contributed by atoms with Gasteiger partial charge in [0.05, 0.1) is 12.4 Å².